The summed E-state index contributed by atoms with van der Waals surface area (Å²) in [5.74, 6) is 0.716. The van der Waals surface area contributed by atoms with Crippen molar-refractivity contribution in [2.45, 2.75) is 32.4 Å². The van der Waals surface area contributed by atoms with E-state index in [2.05, 4.69) is 68.6 Å². The van der Waals surface area contributed by atoms with Crippen LogP contribution in [0.15, 0.2) is 53.5 Å². The molecule has 2 aliphatic rings. The molecule has 6 nitrogen and oxygen atoms in total. The SMILES string of the molecule is CN=C(NCc1cccc(CN2CCCC(C(N)=O)C2)c1)N1CCc2ccccc21. The highest BCUT2D eigenvalue weighted by molar-refractivity contribution is 5.97. The third-order valence-corrected chi connectivity index (χ3v) is 6.11. The molecule has 0 aliphatic carbocycles. The Morgan fingerprint density at radius 3 is 2.83 bits per heavy atom. The summed E-state index contributed by atoms with van der Waals surface area (Å²) in [5.41, 5.74) is 10.6. The second-order valence-electron chi connectivity index (χ2n) is 8.23. The molecule has 3 N–H and O–H groups in total. The van der Waals surface area contributed by atoms with Gasteiger partial charge in [0.25, 0.3) is 0 Å². The lowest BCUT2D eigenvalue weighted by Gasteiger charge is -2.31. The van der Waals surface area contributed by atoms with Crippen molar-refractivity contribution < 1.29 is 4.79 Å². The summed E-state index contributed by atoms with van der Waals surface area (Å²) in [4.78, 5) is 20.6. The number of guanidine groups is 1. The van der Waals surface area contributed by atoms with Crippen molar-refractivity contribution in [2.75, 3.05) is 31.6 Å². The fourth-order valence-corrected chi connectivity index (χ4v) is 4.56. The standard InChI is InChI=1S/C24H31N5O/c1-26-24(29-13-11-20-8-2-3-10-22(20)29)27-15-18-6-4-7-19(14-18)16-28-12-5-9-21(17-28)23(25)30/h2-4,6-8,10,14,21H,5,9,11-13,15-17H2,1H3,(H2,25,30)(H,26,27). The molecule has 4 rings (SSSR count). The Morgan fingerprint density at radius 2 is 2.00 bits per heavy atom. The average Bonchev–Trinajstić information content (AvgIpc) is 3.19. The normalized spacial score (nSPS) is 19.6. The van der Waals surface area contributed by atoms with Gasteiger partial charge < -0.3 is 16.0 Å². The zero-order chi connectivity index (χ0) is 20.9. The third kappa shape index (κ3) is 4.65. The first-order valence-electron chi connectivity index (χ1n) is 10.8. The maximum Gasteiger partial charge on any atom is 0.221 e. The molecule has 2 aromatic carbocycles. The van der Waals surface area contributed by atoms with Gasteiger partial charge in [0.15, 0.2) is 5.96 Å². The number of carbonyl (C=O) groups excluding carboxylic acids is 1. The van der Waals surface area contributed by atoms with E-state index in [9.17, 15) is 4.79 Å². The molecule has 0 bridgehead atoms. The number of likely N-dealkylation sites (tertiary alicyclic amines) is 1. The Labute approximate surface area is 178 Å². The summed E-state index contributed by atoms with van der Waals surface area (Å²) in [6.45, 7) is 4.32. The number of para-hydroxylation sites is 1. The molecule has 0 radical (unpaired) electrons. The van der Waals surface area contributed by atoms with Crippen LogP contribution >= 0.6 is 0 Å². The minimum Gasteiger partial charge on any atom is -0.369 e. The minimum absolute atomic E-state index is 0.0183. The molecule has 2 aromatic rings. The van der Waals surface area contributed by atoms with Crippen LogP contribution in [0.2, 0.25) is 0 Å². The molecule has 6 heteroatoms. The third-order valence-electron chi connectivity index (χ3n) is 6.11. The molecule has 0 spiro atoms. The highest BCUT2D eigenvalue weighted by Gasteiger charge is 2.24. The van der Waals surface area contributed by atoms with Crippen LogP contribution in [0, 0.1) is 5.92 Å². The van der Waals surface area contributed by atoms with E-state index in [1.807, 2.05) is 7.05 Å². The number of aliphatic imine (C=N–C) groups is 1. The Kier molecular flexibility index (Phi) is 6.33. The lowest BCUT2D eigenvalue weighted by atomic mass is 9.97. The fourth-order valence-electron chi connectivity index (χ4n) is 4.56. The summed E-state index contributed by atoms with van der Waals surface area (Å²) < 4.78 is 0. The zero-order valence-corrected chi connectivity index (χ0v) is 17.7. The number of fused-ring (bicyclic) bond motifs is 1. The van der Waals surface area contributed by atoms with Gasteiger partial charge in [-0.3, -0.25) is 14.7 Å². The molecule has 1 saturated heterocycles. The van der Waals surface area contributed by atoms with Gasteiger partial charge in [-0.1, -0.05) is 42.5 Å². The smallest absolute Gasteiger partial charge is 0.221 e. The molecule has 2 heterocycles. The van der Waals surface area contributed by atoms with Gasteiger partial charge >= 0.3 is 0 Å². The molecule has 0 aromatic heterocycles. The van der Waals surface area contributed by atoms with Gasteiger partial charge in [0.1, 0.15) is 0 Å². The van der Waals surface area contributed by atoms with E-state index in [1.165, 1.54) is 22.4 Å². The van der Waals surface area contributed by atoms with Gasteiger partial charge in [0, 0.05) is 38.9 Å². The van der Waals surface area contributed by atoms with Crippen LogP contribution in [0.5, 0.6) is 0 Å². The number of nitrogens with two attached hydrogens (primary N) is 1. The molecule has 0 saturated carbocycles. The first-order chi connectivity index (χ1) is 14.6. The summed E-state index contributed by atoms with van der Waals surface area (Å²) in [5, 5.41) is 3.52. The average molecular weight is 406 g/mol. The van der Waals surface area contributed by atoms with Crippen molar-refractivity contribution in [2.24, 2.45) is 16.6 Å². The summed E-state index contributed by atoms with van der Waals surface area (Å²) in [6.07, 6.45) is 2.99. The molecule has 1 atom stereocenters. The van der Waals surface area contributed by atoms with Crippen molar-refractivity contribution in [1.82, 2.24) is 10.2 Å². The van der Waals surface area contributed by atoms with Crippen LogP contribution in [0.4, 0.5) is 5.69 Å². The van der Waals surface area contributed by atoms with Gasteiger partial charge in [-0.2, -0.15) is 0 Å². The highest BCUT2D eigenvalue weighted by Crippen LogP contribution is 2.27. The lowest BCUT2D eigenvalue weighted by Crippen LogP contribution is -2.40. The van der Waals surface area contributed by atoms with E-state index < -0.39 is 0 Å². The second-order valence-corrected chi connectivity index (χ2v) is 8.23. The van der Waals surface area contributed by atoms with Crippen LogP contribution in [0.1, 0.15) is 29.5 Å². The molecule has 2 aliphatic heterocycles. The summed E-state index contributed by atoms with van der Waals surface area (Å²) in [7, 11) is 1.84. The van der Waals surface area contributed by atoms with Crippen molar-refractivity contribution in [3.05, 3.63) is 65.2 Å². The number of nitrogens with one attached hydrogen (secondary N) is 1. The number of anilines is 1. The minimum atomic E-state index is -0.174. The van der Waals surface area contributed by atoms with Crippen molar-refractivity contribution >= 4 is 17.6 Å². The highest BCUT2D eigenvalue weighted by atomic mass is 16.1. The number of piperidine rings is 1. The molecule has 1 unspecified atom stereocenters. The predicted octanol–water partition coefficient (Wildman–Crippen LogP) is 2.52. The summed E-state index contributed by atoms with van der Waals surface area (Å²) >= 11 is 0. The maximum absolute atomic E-state index is 11.5. The Balaban J connectivity index is 1.37. The lowest BCUT2D eigenvalue weighted by molar-refractivity contribution is -0.123. The predicted molar refractivity (Wildman–Crippen MR) is 121 cm³/mol. The maximum atomic E-state index is 11.5. The topological polar surface area (TPSA) is 74.0 Å². The molecule has 1 fully saturated rings. The van der Waals surface area contributed by atoms with Crippen LogP contribution in [-0.2, 0) is 24.3 Å². The fraction of sp³-hybridized carbons (Fsp3) is 0.417. The quantitative estimate of drug-likeness (QED) is 0.592. The molecular formula is C24H31N5O. The zero-order valence-electron chi connectivity index (χ0n) is 17.7. The van der Waals surface area contributed by atoms with Crippen molar-refractivity contribution in [3.63, 3.8) is 0 Å². The van der Waals surface area contributed by atoms with Crippen LogP contribution in [0.3, 0.4) is 0 Å². The van der Waals surface area contributed by atoms with E-state index in [0.29, 0.717) is 0 Å². The van der Waals surface area contributed by atoms with E-state index in [0.717, 1.165) is 57.9 Å². The van der Waals surface area contributed by atoms with E-state index in [4.69, 9.17) is 5.73 Å². The number of amides is 1. The Bertz CT molecular complexity index is 925. The van der Waals surface area contributed by atoms with Gasteiger partial charge in [-0.15, -0.1) is 0 Å². The van der Waals surface area contributed by atoms with Crippen molar-refractivity contribution in [3.8, 4) is 0 Å². The first-order valence-corrected chi connectivity index (χ1v) is 10.8. The van der Waals surface area contributed by atoms with Crippen LogP contribution in [0.25, 0.3) is 0 Å². The van der Waals surface area contributed by atoms with Crippen LogP contribution < -0.4 is 16.0 Å². The van der Waals surface area contributed by atoms with Crippen molar-refractivity contribution in [1.29, 1.82) is 0 Å². The number of carbonyl (C=O) groups is 1. The Morgan fingerprint density at radius 1 is 1.17 bits per heavy atom. The van der Waals surface area contributed by atoms with E-state index in [1.54, 1.807) is 0 Å². The largest absolute Gasteiger partial charge is 0.369 e. The Hall–Kier alpha value is -2.86. The monoisotopic (exact) mass is 405 g/mol. The van der Waals surface area contributed by atoms with Gasteiger partial charge in [-0.05, 0) is 48.6 Å². The van der Waals surface area contributed by atoms with E-state index in [-0.39, 0.29) is 11.8 Å². The van der Waals surface area contributed by atoms with Gasteiger partial charge in [-0.25, -0.2) is 0 Å². The number of hydrogen-bond acceptors (Lipinski definition) is 3. The number of hydrogen-bond donors (Lipinski definition) is 2. The number of rotatable bonds is 5. The molecular weight excluding hydrogens is 374 g/mol. The first kappa shape index (κ1) is 20.4. The molecule has 1 amide bonds. The second kappa shape index (κ2) is 9.30. The number of nitrogens with zero attached hydrogens (tertiary/aromatic N) is 3. The summed E-state index contributed by atoms with van der Waals surface area (Å²) in [6, 6.07) is 17.2. The van der Waals surface area contributed by atoms with E-state index >= 15 is 0 Å². The van der Waals surface area contributed by atoms with Crippen LogP contribution in [-0.4, -0.2) is 43.4 Å². The molecule has 158 valence electrons. The van der Waals surface area contributed by atoms with Gasteiger partial charge in [0.05, 0.1) is 5.92 Å². The molecule has 30 heavy (non-hydrogen) atoms. The number of benzene rings is 2. The number of primary amides is 1. The van der Waals surface area contributed by atoms with Gasteiger partial charge in [0.2, 0.25) is 5.91 Å².